The van der Waals surface area contributed by atoms with Gasteiger partial charge in [0.05, 0.1) is 18.6 Å². The van der Waals surface area contributed by atoms with Crippen LogP contribution in [0.3, 0.4) is 0 Å². The molecule has 0 bridgehead atoms. The van der Waals surface area contributed by atoms with Crippen LogP contribution in [0.15, 0.2) is 41.8 Å². The summed E-state index contributed by atoms with van der Waals surface area (Å²) in [6.45, 7) is 8.24. The molecule has 7 heteroatoms. The second kappa shape index (κ2) is 8.69. The summed E-state index contributed by atoms with van der Waals surface area (Å²) in [7, 11) is -2.26. The number of amides is 1. The van der Waals surface area contributed by atoms with Gasteiger partial charge in [0.2, 0.25) is 15.9 Å². The largest absolute Gasteiger partial charge is 0.497 e. The quantitative estimate of drug-likeness (QED) is 0.642. The maximum atomic E-state index is 12.7. The zero-order chi connectivity index (χ0) is 17.5. The first kappa shape index (κ1) is 19.2. The van der Waals surface area contributed by atoms with Crippen molar-refractivity contribution in [1.82, 2.24) is 9.21 Å². The van der Waals surface area contributed by atoms with Gasteiger partial charge in [-0.1, -0.05) is 6.08 Å². The molecule has 0 fully saturated rings. The van der Waals surface area contributed by atoms with E-state index in [1.54, 1.807) is 17.0 Å². The first-order chi connectivity index (χ1) is 10.9. The monoisotopic (exact) mass is 340 g/mol. The molecular formula is C16H24N2O4S. The molecule has 0 atom stereocenters. The minimum absolute atomic E-state index is 0.0708. The van der Waals surface area contributed by atoms with Crippen LogP contribution in [0.2, 0.25) is 0 Å². The van der Waals surface area contributed by atoms with Crippen molar-refractivity contribution in [1.29, 1.82) is 0 Å². The Balaban J connectivity index is 3.06. The van der Waals surface area contributed by atoms with Crippen molar-refractivity contribution in [2.45, 2.75) is 18.7 Å². The lowest BCUT2D eigenvalue weighted by molar-refractivity contribution is -0.130. The molecule has 0 aromatic heterocycles. The molecule has 128 valence electrons. The number of methoxy groups -OCH3 is 1. The Bertz CT molecular complexity index is 622. The minimum Gasteiger partial charge on any atom is -0.497 e. The summed E-state index contributed by atoms with van der Waals surface area (Å²) in [6, 6.07) is 6.08. The fourth-order valence-corrected chi connectivity index (χ4v) is 3.48. The van der Waals surface area contributed by atoms with Crippen LogP contribution in [-0.4, -0.2) is 56.8 Å². The molecule has 0 N–H and O–H groups in total. The van der Waals surface area contributed by atoms with E-state index < -0.39 is 10.0 Å². The van der Waals surface area contributed by atoms with Gasteiger partial charge in [0.1, 0.15) is 5.75 Å². The van der Waals surface area contributed by atoms with Gasteiger partial charge in [-0.3, -0.25) is 4.79 Å². The third-order valence-electron chi connectivity index (χ3n) is 3.46. The van der Waals surface area contributed by atoms with E-state index in [4.69, 9.17) is 4.74 Å². The van der Waals surface area contributed by atoms with Crippen molar-refractivity contribution in [3.8, 4) is 5.75 Å². The molecule has 0 aliphatic rings. The molecule has 0 spiro atoms. The molecule has 1 rings (SSSR count). The second-order valence-corrected chi connectivity index (χ2v) is 6.77. The summed E-state index contributed by atoms with van der Waals surface area (Å²) in [5.41, 5.74) is 0. The van der Waals surface area contributed by atoms with Crippen LogP contribution in [0.1, 0.15) is 13.8 Å². The van der Waals surface area contributed by atoms with Crippen molar-refractivity contribution in [2.24, 2.45) is 0 Å². The average molecular weight is 340 g/mol. The van der Waals surface area contributed by atoms with Gasteiger partial charge < -0.3 is 9.64 Å². The smallest absolute Gasteiger partial charge is 0.243 e. The van der Waals surface area contributed by atoms with Gasteiger partial charge in [-0.05, 0) is 38.1 Å². The highest BCUT2D eigenvalue weighted by atomic mass is 32.2. The fraction of sp³-hybridized carbons (Fsp3) is 0.438. The van der Waals surface area contributed by atoms with E-state index in [0.717, 1.165) is 4.31 Å². The van der Waals surface area contributed by atoms with E-state index in [0.29, 0.717) is 18.8 Å². The number of likely N-dealkylation sites (N-methyl/N-ethyl adjacent to an activating group) is 1. The lowest BCUT2D eigenvalue weighted by Crippen LogP contribution is -2.42. The zero-order valence-corrected chi connectivity index (χ0v) is 14.7. The van der Waals surface area contributed by atoms with E-state index in [2.05, 4.69) is 6.58 Å². The maximum Gasteiger partial charge on any atom is 0.243 e. The molecule has 1 amide bonds. The number of sulfonamides is 1. The third kappa shape index (κ3) is 4.80. The molecule has 0 aliphatic carbocycles. The molecule has 0 unspecified atom stereocenters. The predicted molar refractivity (Wildman–Crippen MR) is 89.9 cm³/mol. The van der Waals surface area contributed by atoms with Crippen molar-refractivity contribution >= 4 is 15.9 Å². The Labute approximate surface area is 138 Å². The molecule has 6 nitrogen and oxygen atoms in total. The average Bonchev–Trinajstić information content (AvgIpc) is 2.55. The summed E-state index contributed by atoms with van der Waals surface area (Å²) < 4.78 is 31.6. The lowest BCUT2D eigenvalue weighted by atomic mass is 10.3. The molecular weight excluding hydrogens is 316 g/mol. The predicted octanol–water partition coefficient (Wildman–Crippen LogP) is 1.74. The van der Waals surface area contributed by atoms with E-state index in [-0.39, 0.29) is 23.9 Å². The number of hydrogen-bond acceptors (Lipinski definition) is 4. The van der Waals surface area contributed by atoms with E-state index in [1.165, 1.54) is 25.3 Å². The SMILES string of the molecule is C=CCN(CC(=O)N(CC)CC)S(=O)(=O)c1ccc(OC)cc1. The summed E-state index contributed by atoms with van der Waals surface area (Å²) >= 11 is 0. The summed E-state index contributed by atoms with van der Waals surface area (Å²) in [5, 5.41) is 0. The highest BCUT2D eigenvalue weighted by molar-refractivity contribution is 7.89. The fourth-order valence-electron chi connectivity index (χ4n) is 2.12. The number of hydrogen-bond donors (Lipinski definition) is 0. The van der Waals surface area contributed by atoms with E-state index >= 15 is 0 Å². The Kier molecular flexibility index (Phi) is 7.25. The maximum absolute atomic E-state index is 12.7. The number of carbonyl (C=O) groups is 1. The van der Waals surface area contributed by atoms with Crippen molar-refractivity contribution in [3.63, 3.8) is 0 Å². The summed E-state index contributed by atoms with van der Waals surface area (Å²) in [5.74, 6) is 0.340. The van der Waals surface area contributed by atoms with Crippen LogP contribution in [0.5, 0.6) is 5.75 Å². The van der Waals surface area contributed by atoms with Crippen LogP contribution in [-0.2, 0) is 14.8 Å². The second-order valence-electron chi connectivity index (χ2n) is 4.83. The Morgan fingerprint density at radius 1 is 1.22 bits per heavy atom. The van der Waals surface area contributed by atoms with Gasteiger partial charge in [0.15, 0.2) is 0 Å². The van der Waals surface area contributed by atoms with Gasteiger partial charge >= 0.3 is 0 Å². The molecule has 0 radical (unpaired) electrons. The molecule has 0 heterocycles. The standard InChI is InChI=1S/C16H24N2O4S/c1-5-12-18(13-16(19)17(6-2)7-3)23(20,21)15-10-8-14(22-4)9-11-15/h5,8-11H,1,6-7,12-13H2,2-4H3. The van der Waals surface area contributed by atoms with E-state index in [9.17, 15) is 13.2 Å². The third-order valence-corrected chi connectivity index (χ3v) is 5.28. The first-order valence-electron chi connectivity index (χ1n) is 7.43. The number of benzene rings is 1. The summed E-state index contributed by atoms with van der Waals surface area (Å²) in [4.78, 5) is 13.9. The number of ether oxygens (including phenoxy) is 1. The van der Waals surface area contributed by atoms with Gasteiger partial charge in [0.25, 0.3) is 0 Å². The molecule has 0 saturated carbocycles. The lowest BCUT2D eigenvalue weighted by Gasteiger charge is -2.25. The van der Waals surface area contributed by atoms with Crippen LogP contribution < -0.4 is 4.74 Å². The normalized spacial score (nSPS) is 11.3. The van der Waals surface area contributed by atoms with Crippen LogP contribution in [0.4, 0.5) is 0 Å². The van der Waals surface area contributed by atoms with Crippen molar-refractivity contribution < 1.29 is 17.9 Å². The number of carbonyl (C=O) groups excluding carboxylic acids is 1. The summed E-state index contributed by atoms with van der Waals surface area (Å²) in [6.07, 6.45) is 1.47. The minimum atomic E-state index is -3.77. The molecule has 1 aromatic rings. The molecule has 1 aromatic carbocycles. The van der Waals surface area contributed by atoms with Crippen LogP contribution in [0, 0.1) is 0 Å². The highest BCUT2D eigenvalue weighted by Crippen LogP contribution is 2.19. The number of nitrogens with zero attached hydrogens (tertiary/aromatic N) is 2. The Morgan fingerprint density at radius 3 is 2.22 bits per heavy atom. The van der Waals surface area contributed by atoms with Crippen LogP contribution >= 0.6 is 0 Å². The van der Waals surface area contributed by atoms with Gasteiger partial charge in [-0.25, -0.2) is 8.42 Å². The van der Waals surface area contributed by atoms with Crippen LogP contribution in [0.25, 0.3) is 0 Å². The molecule has 23 heavy (non-hydrogen) atoms. The molecule has 0 saturated heterocycles. The van der Waals surface area contributed by atoms with Gasteiger partial charge in [-0.15, -0.1) is 6.58 Å². The topological polar surface area (TPSA) is 66.9 Å². The van der Waals surface area contributed by atoms with Crippen molar-refractivity contribution in [2.75, 3.05) is 33.3 Å². The Hall–Kier alpha value is -1.86. The van der Waals surface area contributed by atoms with E-state index in [1.807, 2.05) is 13.8 Å². The molecule has 0 aliphatic heterocycles. The zero-order valence-electron chi connectivity index (χ0n) is 13.9. The Morgan fingerprint density at radius 2 is 1.78 bits per heavy atom. The van der Waals surface area contributed by atoms with Crippen molar-refractivity contribution in [3.05, 3.63) is 36.9 Å². The van der Waals surface area contributed by atoms with Gasteiger partial charge in [-0.2, -0.15) is 4.31 Å². The van der Waals surface area contributed by atoms with Gasteiger partial charge in [0, 0.05) is 19.6 Å². The first-order valence-corrected chi connectivity index (χ1v) is 8.87. The highest BCUT2D eigenvalue weighted by Gasteiger charge is 2.27. The number of rotatable bonds is 9.